The number of nitrogens with zero attached hydrogens (tertiary/aromatic N) is 2. The minimum atomic E-state index is 0.110. The Bertz CT molecular complexity index is 207. The second kappa shape index (κ2) is 6.08. The van der Waals surface area contributed by atoms with E-state index in [1.165, 1.54) is 12.2 Å². The molecule has 1 rings (SSSR count). The first-order chi connectivity index (χ1) is 7.19. The number of amides is 1. The van der Waals surface area contributed by atoms with Crippen molar-refractivity contribution in [2.45, 2.75) is 26.2 Å². The fraction of sp³-hybridized carbons (Fsp3) is 0.909. The van der Waals surface area contributed by atoms with Gasteiger partial charge in [-0.25, -0.2) is 5.06 Å². The van der Waals surface area contributed by atoms with Crippen molar-refractivity contribution in [1.82, 2.24) is 9.96 Å². The molecule has 1 atom stereocenters. The van der Waals surface area contributed by atoms with Gasteiger partial charge in [0.2, 0.25) is 5.91 Å². The summed E-state index contributed by atoms with van der Waals surface area (Å²) >= 11 is 0. The Hall–Kier alpha value is -0.610. The number of carbonyl (C=O) groups is 1. The van der Waals surface area contributed by atoms with Crippen molar-refractivity contribution in [1.29, 1.82) is 0 Å². The molecule has 0 aromatic rings. The molecule has 0 spiro atoms. The van der Waals surface area contributed by atoms with Crippen LogP contribution in [-0.4, -0.2) is 49.7 Å². The maximum atomic E-state index is 11.9. The Morgan fingerprint density at radius 2 is 2.33 bits per heavy atom. The number of hydroxylamine groups is 2. The highest BCUT2D eigenvalue weighted by Crippen LogP contribution is 2.18. The zero-order valence-electron chi connectivity index (χ0n) is 10.0. The first kappa shape index (κ1) is 12.5. The summed E-state index contributed by atoms with van der Waals surface area (Å²) in [6.07, 6.45) is 3.27. The number of hydrogen-bond acceptors (Lipinski definition) is 3. The second-order valence-corrected chi connectivity index (χ2v) is 4.16. The zero-order valence-corrected chi connectivity index (χ0v) is 10.0. The summed E-state index contributed by atoms with van der Waals surface area (Å²) in [5, 5.41) is 1.35. The van der Waals surface area contributed by atoms with E-state index in [1.807, 2.05) is 0 Å². The quantitative estimate of drug-likeness (QED) is 0.658. The molecule has 1 unspecified atom stereocenters. The lowest BCUT2D eigenvalue weighted by Gasteiger charge is -2.33. The number of hydrogen-bond donors (Lipinski definition) is 0. The van der Waals surface area contributed by atoms with Gasteiger partial charge >= 0.3 is 0 Å². The molecule has 0 aromatic heterocycles. The smallest absolute Gasteiger partial charge is 0.250 e. The van der Waals surface area contributed by atoms with Gasteiger partial charge in [-0.2, -0.15) is 0 Å². The monoisotopic (exact) mass is 214 g/mol. The van der Waals surface area contributed by atoms with Gasteiger partial charge in [0.05, 0.1) is 13.0 Å². The summed E-state index contributed by atoms with van der Waals surface area (Å²) in [6.45, 7) is 5.29. The fourth-order valence-electron chi connectivity index (χ4n) is 2.12. The number of rotatable bonds is 4. The standard InChI is InChI=1S/C11H22N2O2/c1-4-7-13-8-5-6-10(9-13)11(14)12(2)15-3/h10H,4-9H2,1-3H3. The molecule has 1 aliphatic rings. The van der Waals surface area contributed by atoms with Crippen LogP contribution in [0.15, 0.2) is 0 Å². The molecular formula is C11H22N2O2. The molecule has 0 saturated carbocycles. The summed E-state index contributed by atoms with van der Waals surface area (Å²) in [4.78, 5) is 19.1. The molecule has 0 N–H and O–H groups in total. The first-order valence-electron chi connectivity index (χ1n) is 5.73. The minimum absolute atomic E-state index is 0.110. The molecule has 4 heteroatoms. The van der Waals surface area contributed by atoms with Gasteiger partial charge in [-0.15, -0.1) is 0 Å². The van der Waals surface area contributed by atoms with Crippen molar-refractivity contribution in [3.8, 4) is 0 Å². The Balaban J connectivity index is 2.44. The van der Waals surface area contributed by atoms with Crippen LogP contribution in [0.25, 0.3) is 0 Å². The summed E-state index contributed by atoms with van der Waals surface area (Å²) in [5.74, 6) is 0.230. The van der Waals surface area contributed by atoms with Crippen LogP contribution in [0.5, 0.6) is 0 Å². The van der Waals surface area contributed by atoms with Crippen LogP contribution in [0.2, 0.25) is 0 Å². The van der Waals surface area contributed by atoms with E-state index in [-0.39, 0.29) is 11.8 Å². The van der Waals surface area contributed by atoms with E-state index in [1.54, 1.807) is 7.05 Å². The maximum absolute atomic E-state index is 11.9. The van der Waals surface area contributed by atoms with E-state index in [2.05, 4.69) is 11.8 Å². The topological polar surface area (TPSA) is 32.8 Å². The van der Waals surface area contributed by atoms with Crippen molar-refractivity contribution < 1.29 is 9.63 Å². The number of piperidine rings is 1. The molecule has 15 heavy (non-hydrogen) atoms. The summed E-state index contributed by atoms with van der Waals surface area (Å²) < 4.78 is 0. The molecule has 1 aliphatic heterocycles. The highest BCUT2D eigenvalue weighted by atomic mass is 16.7. The lowest BCUT2D eigenvalue weighted by Crippen LogP contribution is -2.43. The van der Waals surface area contributed by atoms with Crippen LogP contribution in [0.3, 0.4) is 0 Å². The molecule has 4 nitrogen and oxygen atoms in total. The summed E-state index contributed by atoms with van der Waals surface area (Å²) in [7, 11) is 3.21. The van der Waals surface area contributed by atoms with E-state index < -0.39 is 0 Å². The third kappa shape index (κ3) is 3.47. The average molecular weight is 214 g/mol. The molecule has 0 aromatic carbocycles. The minimum Gasteiger partial charge on any atom is -0.303 e. The van der Waals surface area contributed by atoms with Crippen LogP contribution in [0.1, 0.15) is 26.2 Å². The molecule has 1 amide bonds. The number of carbonyl (C=O) groups excluding carboxylic acids is 1. The van der Waals surface area contributed by atoms with Crippen LogP contribution >= 0.6 is 0 Å². The molecule has 0 bridgehead atoms. The third-order valence-corrected chi connectivity index (χ3v) is 2.98. The Labute approximate surface area is 92.1 Å². The molecule has 1 saturated heterocycles. The highest BCUT2D eigenvalue weighted by molar-refractivity contribution is 5.77. The SMILES string of the molecule is CCCN1CCCC(C(=O)N(C)OC)C1. The van der Waals surface area contributed by atoms with Gasteiger partial charge in [0, 0.05) is 13.6 Å². The van der Waals surface area contributed by atoms with Gasteiger partial charge < -0.3 is 4.90 Å². The second-order valence-electron chi connectivity index (χ2n) is 4.16. The molecule has 1 fully saturated rings. The molecule has 0 radical (unpaired) electrons. The third-order valence-electron chi connectivity index (χ3n) is 2.98. The number of likely N-dealkylation sites (tertiary alicyclic amines) is 1. The van der Waals surface area contributed by atoms with Crippen molar-refractivity contribution in [2.75, 3.05) is 33.8 Å². The summed E-state index contributed by atoms with van der Waals surface area (Å²) in [6, 6.07) is 0. The van der Waals surface area contributed by atoms with Gasteiger partial charge in [-0.1, -0.05) is 6.92 Å². The van der Waals surface area contributed by atoms with Crippen LogP contribution in [-0.2, 0) is 9.63 Å². The average Bonchev–Trinajstić information content (AvgIpc) is 2.28. The lowest BCUT2D eigenvalue weighted by molar-refractivity contribution is -0.175. The maximum Gasteiger partial charge on any atom is 0.250 e. The van der Waals surface area contributed by atoms with Gasteiger partial charge in [0.1, 0.15) is 0 Å². The molecular weight excluding hydrogens is 192 g/mol. The Morgan fingerprint density at radius 3 is 2.93 bits per heavy atom. The van der Waals surface area contributed by atoms with Crippen LogP contribution in [0, 0.1) is 5.92 Å². The van der Waals surface area contributed by atoms with Crippen molar-refractivity contribution in [2.24, 2.45) is 5.92 Å². The van der Waals surface area contributed by atoms with E-state index in [0.717, 1.165) is 38.9 Å². The summed E-state index contributed by atoms with van der Waals surface area (Å²) in [5.41, 5.74) is 0. The van der Waals surface area contributed by atoms with E-state index in [4.69, 9.17) is 4.84 Å². The Morgan fingerprint density at radius 1 is 1.60 bits per heavy atom. The molecule has 88 valence electrons. The highest BCUT2D eigenvalue weighted by Gasteiger charge is 2.27. The lowest BCUT2D eigenvalue weighted by atomic mass is 9.97. The van der Waals surface area contributed by atoms with Gasteiger partial charge in [-0.3, -0.25) is 9.63 Å². The predicted octanol–water partition coefficient (Wildman–Crippen LogP) is 1.13. The van der Waals surface area contributed by atoms with Crippen molar-refractivity contribution in [3.05, 3.63) is 0 Å². The van der Waals surface area contributed by atoms with E-state index in [9.17, 15) is 4.79 Å². The largest absolute Gasteiger partial charge is 0.303 e. The van der Waals surface area contributed by atoms with Crippen LogP contribution in [0.4, 0.5) is 0 Å². The zero-order chi connectivity index (χ0) is 11.3. The van der Waals surface area contributed by atoms with Gasteiger partial charge in [0.25, 0.3) is 0 Å². The van der Waals surface area contributed by atoms with Gasteiger partial charge in [-0.05, 0) is 32.4 Å². The fourth-order valence-corrected chi connectivity index (χ4v) is 2.12. The van der Waals surface area contributed by atoms with Gasteiger partial charge in [0.15, 0.2) is 0 Å². The van der Waals surface area contributed by atoms with Crippen molar-refractivity contribution in [3.63, 3.8) is 0 Å². The van der Waals surface area contributed by atoms with Crippen molar-refractivity contribution >= 4 is 5.91 Å². The first-order valence-corrected chi connectivity index (χ1v) is 5.73. The molecule has 1 heterocycles. The van der Waals surface area contributed by atoms with E-state index >= 15 is 0 Å². The molecule has 0 aliphatic carbocycles. The predicted molar refractivity (Wildman–Crippen MR) is 59.2 cm³/mol. The van der Waals surface area contributed by atoms with Crippen LogP contribution < -0.4 is 0 Å². The van der Waals surface area contributed by atoms with E-state index in [0.29, 0.717) is 0 Å². The Kier molecular flexibility index (Phi) is 5.05. The normalized spacial score (nSPS) is 22.7.